The van der Waals surface area contributed by atoms with Crippen LogP contribution in [-0.4, -0.2) is 61.0 Å². The molecule has 8 heteroatoms. The minimum Gasteiger partial charge on any atom is -0.394 e. The summed E-state index contributed by atoms with van der Waals surface area (Å²) < 4.78 is 33.4. The normalized spacial score (nSPS) is 12.0. The third-order valence-electron chi connectivity index (χ3n) is 3.10. The number of aromatic nitrogens is 2. The zero-order chi connectivity index (χ0) is 16.0. The third-order valence-corrected chi connectivity index (χ3v) is 5.22. The van der Waals surface area contributed by atoms with Crippen LogP contribution >= 0.6 is 0 Å². The second-order valence-electron chi connectivity index (χ2n) is 4.59. The molecule has 0 saturated heterocycles. The summed E-state index contributed by atoms with van der Waals surface area (Å²) in [4.78, 5) is 0.189. The van der Waals surface area contributed by atoms with Crippen LogP contribution in [-0.2, 0) is 21.3 Å². The average Bonchev–Trinajstić information content (AvgIpc) is 2.70. The lowest BCUT2D eigenvalue weighted by molar-refractivity contribution is 0.182. The van der Waals surface area contributed by atoms with Gasteiger partial charge in [0, 0.05) is 20.2 Å². The molecule has 0 atom stereocenters. The molecule has 1 rings (SSSR count). The number of nitrogens with zero attached hydrogens (tertiary/aromatic N) is 3. The van der Waals surface area contributed by atoms with Gasteiger partial charge in [0.1, 0.15) is 4.90 Å². The van der Waals surface area contributed by atoms with Gasteiger partial charge in [0.25, 0.3) is 0 Å². The predicted octanol–water partition coefficient (Wildman–Crippen LogP) is 0.315. The quantitative estimate of drug-likeness (QED) is 0.663. The molecule has 0 radical (unpaired) electrons. The fourth-order valence-electron chi connectivity index (χ4n) is 2.14. The Labute approximate surface area is 125 Å². The van der Waals surface area contributed by atoms with Crippen LogP contribution in [0.2, 0.25) is 0 Å². The van der Waals surface area contributed by atoms with Crippen molar-refractivity contribution in [3.8, 4) is 0 Å². The Bertz CT molecular complexity index is 580. The molecule has 0 aliphatic heterocycles. The van der Waals surface area contributed by atoms with Crippen molar-refractivity contribution in [3.63, 3.8) is 0 Å². The Morgan fingerprint density at radius 1 is 1.48 bits per heavy atom. The topological polar surface area (TPSA) is 84.7 Å². The molecule has 1 N–H and O–H groups in total. The van der Waals surface area contributed by atoms with E-state index in [-0.39, 0.29) is 31.1 Å². The van der Waals surface area contributed by atoms with Crippen LogP contribution in [0.4, 0.5) is 0 Å². The molecule has 0 aromatic carbocycles. The van der Waals surface area contributed by atoms with Gasteiger partial charge in [-0.15, -0.1) is 6.58 Å². The maximum Gasteiger partial charge on any atom is 0.247 e. The first-order valence-corrected chi connectivity index (χ1v) is 8.09. The van der Waals surface area contributed by atoms with Gasteiger partial charge >= 0.3 is 0 Å². The van der Waals surface area contributed by atoms with Crippen molar-refractivity contribution in [3.05, 3.63) is 24.0 Å². The number of aliphatic hydroxyl groups excluding tert-OH is 1. The van der Waals surface area contributed by atoms with E-state index in [2.05, 4.69) is 11.7 Å². The first kappa shape index (κ1) is 17.8. The van der Waals surface area contributed by atoms with Gasteiger partial charge in [0.2, 0.25) is 10.0 Å². The number of aliphatic hydroxyl groups is 1. The van der Waals surface area contributed by atoms with Gasteiger partial charge in [0.05, 0.1) is 31.1 Å². The van der Waals surface area contributed by atoms with Crippen molar-refractivity contribution in [1.29, 1.82) is 0 Å². The first-order chi connectivity index (χ1) is 9.89. The van der Waals surface area contributed by atoms with Gasteiger partial charge in [-0.3, -0.25) is 4.68 Å². The lowest BCUT2D eigenvalue weighted by Gasteiger charge is -2.20. The molecule has 1 aromatic heterocycles. The second-order valence-corrected chi connectivity index (χ2v) is 6.47. The summed E-state index contributed by atoms with van der Waals surface area (Å²) in [6, 6.07) is 0. The minimum atomic E-state index is -3.68. The molecule has 0 fully saturated rings. The number of ether oxygens (including phenoxy) is 1. The van der Waals surface area contributed by atoms with E-state index in [1.807, 2.05) is 0 Å². The fraction of sp³-hybridized carbons (Fsp3) is 0.615. The number of hydrogen-bond donors (Lipinski definition) is 1. The highest BCUT2D eigenvalue weighted by Gasteiger charge is 2.30. The molecule has 0 unspecified atom stereocenters. The monoisotopic (exact) mass is 317 g/mol. The van der Waals surface area contributed by atoms with Gasteiger partial charge in [-0.05, 0) is 13.8 Å². The zero-order valence-electron chi connectivity index (χ0n) is 12.7. The Kier molecular flexibility index (Phi) is 6.53. The summed E-state index contributed by atoms with van der Waals surface area (Å²) in [5.74, 6) is 0. The molecule has 0 saturated carbocycles. The summed E-state index contributed by atoms with van der Waals surface area (Å²) in [7, 11) is -2.15. The van der Waals surface area contributed by atoms with Crippen molar-refractivity contribution in [2.24, 2.45) is 0 Å². The lowest BCUT2D eigenvalue weighted by Crippen LogP contribution is -2.34. The molecule has 21 heavy (non-hydrogen) atoms. The second kappa shape index (κ2) is 7.69. The third kappa shape index (κ3) is 3.91. The van der Waals surface area contributed by atoms with Crippen LogP contribution < -0.4 is 0 Å². The molecule has 7 nitrogen and oxygen atoms in total. The van der Waals surface area contributed by atoms with E-state index in [0.717, 1.165) is 0 Å². The summed E-state index contributed by atoms with van der Waals surface area (Å²) in [5.41, 5.74) is 0.945. The van der Waals surface area contributed by atoms with Gasteiger partial charge in [-0.1, -0.05) is 6.08 Å². The Hall–Kier alpha value is -1.22. The number of methoxy groups -OCH3 is 1. The van der Waals surface area contributed by atoms with E-state index in [4.69, 9.17) is 9.84 Å². The molecule has 0 bridgehead atoms. The molecule has 0 aliphatic rings. The van der Waals surface area contributed by atoms with E-state index in [9.17, 15) is 8.42 Å². The summed E-state index contributed by atoms with van der Waals surface area (Å²) in [5, 5.41) is 13.2. The highest BCUT2D eigenvalue weighted by atomic mass is 32.2. The largest absolute Gasteiger partial charge is 0.394 e. The molecular formula is C13H23N3O4S. The zero-order valence-corrected chi connectivity index (χ0v) is 13.6. The lowest BCUT2D eigenvalue weighted by atomic mass is 10.4. The molecule has 0 spiro atoms. The van der Waals surface area contributed by atoms with E-state index >= 15 is 0 Å². The highest BCUT2D eigenvalue weighted by molar-refractivity contribution is 7.89. The van der Waals surface area contributed by atoms with Gasteiger partial charge in [-0.2, -0.15) is 9.40 Å². The number of rotatable bonds is 9. The molecule has 1 heterocycles. The van der Waals surface area contributed by atoms with E-state index in [1.54, 1.807) is 13.8 Å². The SMILES string of the molecule is C=CCN(CCOC)S(=O)(=O)c1c(C)nn(CCO)c1C. The van der Waals surface area contributed by atoms with Crippen LogP contribution in [0.15, 0.2) is 17.6 Å². The summed E-state index contributed by atoms with van der Waals surface area (Å²) in [6.45, 7) is 7.85. The Morgan fingerprint density at radius 2 is 2.14 bits per heavy atom. The van der Waals surface area contributed by atoms with E-state index < -0.39 is 10.0 Å². The molecule has 1 aromatic rings. The smallest absolute Gasteiger partial charge is 0.247 e. The van der Waals surface area contributed by atoms with Crippen LogP contribution in [0, 0.1) is 13.8 Å². The first-order valence-electron chi connectivity index (χ1n) is 6.65. The fourth-order valence-corrected chi connectivity index (χ4v) is 3.91. The van der Waals surface area contributed by atoms with Crippen molar-refractivity contribution in [2.75, 3.05) is 33.4 Å². The Morgan fingerprint density at radius 3 is 2.67 bits per heavy atom. The summed E-state index contributed by atoms with van der Waals surface area (Å²) in [6.07, 6.45) is 1.54. The highest BCUT2D eigenvalue weighted by Crippen LogP contribution is 2.23. The van der Waals surface area contributed by atoms with E-state index in [0.29, 0.717) is 18.0 Å². The van der Waals surface area contributed by atoms with Gasteiger partial charge < -0.3 is 9.84 Å². The predicted molar refractivity (Wildman–Crippen MR) is 79.6 cm³/mol. The maximum absolute atomic E-state index is 12.8. The van der Waals surface area contributed by atoms with Gasteiger partial charge in [0.15, 0.2) is 0 Å². The van der Waals surface area contributed by atoms with Crippen LogP contribution in [0.3, 0.4) is 0 Å². The van der Waals surface area contributed by atoms with Crippen LogP contribution in [0.5, 0.6) is 0 Å². The van der Waals surface area contributed by atoms with Crippen molar-refractivity contribution in [1.82, 2.24) is 14.1 Å². The molecular weight excluding hydrogens is 294 g/mol. The average molecular weight is 317 g/mol. The number of hydrogen-bond acceptors (Lipinski definition) is 5. The molecule has 0 aliphatic carbocycles. The summed E-state index contributed by atoms with van der Waals surface area (Å²) >= 11 is 0. The van der Waals surface area contributed by atoms with Gasteiger partial charge in [-0.25, -0.2) is 8.42 Å². The maximum atomic E-state index is 12.8. The van der Waals surface area contributed by atoms with Crippen molar-refractivity contribution < 1.29 is 18.3 Å². The minimum absolute atomic E-state index is 0.0957. The van der Waals surface area contributed by atoms with Crippen molar-refractivity contribution >= 4 is 10.0 Å². The Balaban J connectivity index is 3.24. The molecule has 120 valence electrons. The number of aryl methyl sites for hydroxylation is 1. The van der Waals surface area contributed by atoms with E-state index in [1.165, 1.54) is 22.2 Å². The standard InChI is InChI=1S/C13H23N3O4S/c1-5-6-15(8-10-20-4)21(18,19)13-11(2)14-16(7-9-17)12(13)3/h5,17H,1,6-10H2,2-4H3. The molecule has 0 amide bonds. The van der Waals surface area contributed by atoms with Crippen molar-refractivity contribution in [2.45, 2.75) is 25.3 Å². The number of sulfonamides is 1. The van der Waals surface area contributed by atoms with Crippen LogP contribution in [0.1, 0.15) is 11.4 Å². The van der Waals surface area contributed by atoms with Crippen LogP contribution in [0.25, 0.3) is 0 Å².